The van der Waals surface area contributed by atoms with E-state index >= 15 is 0 Å². The summed E-state index contributed by atoms with van der Waals surface area (Å²) in [4.78, 5) is 0. The third-order valence-corrected chi connectivity index (χ3v) is 10.2. The second-order valence-electron chi connectivity index (χ2n) is 6.27. The lowest BCUT2D eigenvalue weighted by atomic mass is 10.3. The van der Waals surface area contributed by atoms with Gasteiger partial charge in [0.1, 0.15) is 22.3 Å². The van der Waals surface area contributed by atoms with E-state index in [1.54, 1.807) is 12.1 Å². The summed E-state index contributed by atoms with van der Waals surface area (Å²) in [7, 11) is -3.17. The van der Waals surface area contributed by atoms with Crippen molar-refractivity contribution in [2.75, 3.05) is 4.23 Å². The normalized spacial score (nSPS) is 12.0. The lowest BCUT2D eigenvalue weighted by molar-refractivity contribution is 0.629. The van der Waals surface area contributed by atoms with Crippen LogP contribution in [0.5, 0.6) is 0 Å². The summed E-state index contributed by atoms with van der Waals surface area (Å²) >= 11 is 3.44. The number of hydrogen-bond donors (Lipinski definition) is 0. The summed E-state index contributed by atoms with van der Waals surface area (Å²) in [6.07, 6.45) is 0. The van der Waals surface area contributed by atoms with Gasteiger partial charge in [0.15, 0.2) is 0 Å². The predicted octanol–water partition coefficient (Wildman–Crippen LogP) is 4.15. The summed E-state index contributed by atoms with van der Waals surface area (Å²) in [5.41, 5.74) is 0.762. The van der Waals surface area contributed by atoms with Gasteiger partial charge in [0.05, 0.1) is 5.69 Å². The van der Waals surface area contributed by atoms with Crippen LogP contribution >= 0.6 is 15.9 Å². The van der Waals surface area contributed by atoms with E-state index in [9.17, 15) is 4.39 Å². The molecule has 1 aromatic rings. The number of halogens is 2. The van der Waals surface area contributed by atoms with E-state index in [1.807, 2.05) is 6.07 Å². The number of nitrogens with zero attached hydrogens (tertiary/aromatic N) is 1. The van der Waals surface area contributed by atoms with Crippen LogP contribution in [-0.2, 0) is 0 Å². The van der Waals surface area contributed by atoms with E-state index in [2.05, 4.69) is 59.4 Å². The monoisotopic (exact) mass is 359 g/mol. The molecule has 0 saturated heterocycles. The zero-order valence-corrected chi connectivity index (χ0v) is 15.0. The predicted molar refractivity (Wildman–Crippen MR) is 91.8 cm³/mol. The molecule has 0 heterocycles. The van der Waals surface area contributed by atoms with Crippen molar-refractivity contribution in [2.24, 2.45) is 0 Å². The Balaban J connectivity index is 0.00000289. The third kappa shape index (κ3) is 4.63. The zero-order chi connectivity index (χ0) is 13.4. The molecule has 0 aliphatic heterocycles. The molecule has 0 aliphatic carbocycles. The Hall–Kier alpha value is 0.630. The summed E-state index contributed by atoms with van der Waals surface area (Å²) in [5.74, 6) is -0.113. The fourth-order valence-electron chi connectivity index (χ4n) is 2.39. The van der Waals surface area contributed by atoms with Gasteiger partial charge in [-0.2, -0.15) is 0 Å². The van der Waals surface area contributed by atoms with Gasteiger partial charge in [0.2, 0.25) is 0 Å². The van der Waals surface area contributed by atoms with Crippen molar-refractivity contribution in [1.29, 1.82) is 0 Å². The molecule has 0 radical (unpaired) electrons. The average Bonchev–Trinajstić information content (AvgIpc) is 2.06. The maximum atomic E-state index is 14.1. The Bertz CT molecular complexity index is 402. The smallest absolute Gasteiger partial charge is 0.316 e. The van der Waals surface area contributed by atoms with Crippen molar-refractivity contribution >= 4 is 61.1 Å². The second-order valence-corrected chi connectivity index (χ2v) is 17.2. The van der Waals surface area contributed by atoms with Gasteiger partial charge >= 0.3 is 23.1 Å². The van der Waals surface area contributed by atoms with Crippen molar-refractivity contribution in [3.8, 4) is 0 Å². The molecule has 0 amide bonds. The molecular weight excluding hydrogens is 338 g/mol. The first-order chi connectivity index (χ1) is 7.53. The summed E-state index contributed by atoms with van der Waals surface area (Å²) < 4.78 is 17.4. The first-order valence-electron chi connectivity index (χ1n) is 5.79. The van der Waals surface area contributed by atoms with Crippen LogP contribution in [0.1, 0.15) is 0 Å². The maximum Gasteiger partial charge on any atom is 0.316 e. The molecule has 0 spiro atoms. The summed E-state index contributed by atoms with van der Waals surface area (Å²) in [5, 5.41) is 0. The first-order valence-corrected chi connectivity index (χ1v) is 13.5. The minimum absolute atomic E-state index is 0. The molecule has 0 unspecified atom stereocenters. The number of anilines is 1. The lowest BCUT2D eigenvalue weighted by Crippen LogP contribution is -2.59. The molecule has 0 aromatic heterocycles. The van der Waals surface area contributed by atoms with Gasteiger partial charge in [0, 0.05) is 4.47 Å². The first kappa shape index (κ1) is 18.6. The molecule has 1 rings (SSSR count). The molecule has 0 fully saturated rings. The standard InChI is InChI=1S/C12H21BrFNSi2.Mg.2H/c1-16(2,3)15(17(4,5)6)12-9-10(13)7-8-11(12)14;;;/h7-9H,1-6H3;;;. The number of hydrogen-bond acceptors (Lipinski definition) is 1. The van der Waals surface area contributed by atoms with Gasteiger partial charge < -0.3 is 4.23 Å². The molecule has 0 atom stereocenters. The molecular formula is C12H23BrFMgNSi2. The maximum absolute atomic E-state index is 14.1. The topological polar surface area (TPSA) is 3.24 Å². The Labute approximate surface area is 137 Å². The molecule has 0 N–H and O–H groups in total. The Morgan fingerprint density at radius 1 is 1.00 bits per heavy atom. The molecule has 6 heteroatoms. The lowest BCUT2D eigenvalue weighted by Gasteiger charge is -2.46. The van der Waals surface area contributed by atoms with Crippen molar-refractivity contribution in [3.63, 3.8) is 0 Å². The van der Waals surface area contributed by atoms with Gasteiger partial charge in [-0.3, -0.25) is 0 Å². The zero-order valence-electron chi connectivity index (χ0n) is 11.4. The number of benzene rings is 1. The van der Waals surface area contributed by atoms with E-state index < -0.39 is 16.5 Å². The molecule has 0 saturated carbocycles. The summed E-state index contributed by atoms with van der Waals surface area (Å²) in [6.45, 7) is 13.6. The fourth-order valence-corrected chi connectivity index (χ4v) is 12.6. The van der Waals surface area contributed by atoms with Crippen molar-refractivity contribution in [2.45, 2.75) is 39.3 Å². The van der Waals surface area contributed by atoms with E-state index in [-0.39, 0.29) is 28.9 Å². The van der Waals surface area contributed by atoms with Crippen LogP contribution in [0.15, 0.2) is 22.7 Å². The average molecular weight is 361 g/mol. The van der Waals surface area contributed by atoms with Gasteiger partial charge in [0.25, 0.3) is 0 Å². The molecule has 18 heavy (non-hydrogen) atoms. The Morgan fingerprint density at radius 3 is 1.83 bits per heavy atom. The molecule has 100 valence electrons. The van der Waals surface area contributed by atoms with Crippen LogP contribution in [0, 0.1) is 5.82 Å². The molecule has 1 nitrogen and oxygen atoms in total. The molecule has 0 aliphatic rings. The highest BCUT2D eigenvalue weighted by Crippen LogP contribution is 2.32. The minimum atomic E-state index is -1.58. The van der Waals surface area contributed by atoms with Crippen LogP contribution in [0.4, 0.5) is 10.1 Å². The highest BCUT2D eigenvalue weighted by Gasteiger charge is 2.35. The van der Waals surface area contributed by atoms with E-state index in [4.69, 9.17) is 0 Å². The largest absolute Gasteiger partial charge is 0.422 e. The van der Waals surface area contributed by atoms with E-state index in [0.29, 0.717) is 0 Å². The molecule has 0 bridgehead atoms. The van der Waals surface area contributed by atoms with Gasteiger partial charge in [-0.1, -0.05) is 55.2 Å². The van der Waals surface area contributed by atoms with Crippen LogP contribution in [0.2, 0.25) is 39.3 Å². The van der Waals surface area contributed by atoms with E-state index in [0.717, 1.165) is 10.2 Å². The minimum Gasteiger partial charge on any atom is -0.422 e. The summed E-state index contributed by atoms with van der Waals surface area (Å²) in [6, 6.07) is 5.21. The molecule has 1 aromatic carbocycles. The third-order valence-electron chi connectivity index (χ3n) is 2.49. The van der Waals surface area contributed by atoms with Crippen molar-refractivity contribution in [1.82, 2.24) is 0 Å². The Morgan fingerprint density at radius 2 is 1.44 bits per heavy atom. The van der Waals surface area contributed by atoms with Crippen LogP contribution in [-0.4, -0.2) is 39.5 Å². The SMILES string of the molecule is C[Si](C)(C)N(c1cc(Br)ccc1F)[Si](C)(C)C.[MgH2]. The quantitative estimate of drug-likeness (QED) is 0.732. The van der Waals surface area contributed by atoms with Crippen LogP contribution in [0.3, 0.4) is 0 Å². The van der Waals surface area contributed by atoms with Crippen LogP contribution < -0.4 is 4.23 Å². The highest BCUT2D eigenvalue weighted by atomic mass is 79.9. The highest BCUT2D eigenvalue weighted by molar-refractivity contribution is 9.10. The second kappa shape index (κ2) is 6.39. The van der Waals surface area contributed by atoms with Gasteiger partial charge in [-0.25, -0.2) is 4.39 Å². The number of rotatable bonds is 3. The van der Waals surface area contributed by atoms with Gasteiger partial charge in [-0.15, -0.1) is 0 Å². The van der Waals surface area contributed by atoms with Crippen LogP contribution in [0.25, 0.3) is 0 Å². The van der Waals surface area contributed by atoms with Crippen molar-refractivity contribution < 1.29 is 4.39 Å². The fraction of sp³-hybridized carbons (Fsp3) is 0.500. The van der Waals surface area contributed by atoms with Crippen molar-refractivity contribution in [3.05, 3.63) is 28.5 Å². The Kier molecular flexibility index (Phi) is 6.61. The van der Waals surface area contributed by atoms with E-state index in [1.165, 1.54) is 0 Å². The van der Waals surface area contributed by atoms with Gasteiger partial charge in [-0.05, 0) is 18.2 Å².